The smallest absolute Gasteiger partial charge is 0.302 e. The summed E-state index contributed by atoms with van der Waals surface area (Å²) in [6.45, 7) is 13.0. The molecular weight excluding hydrogens is 412 g/mol. The van der Waals surface area contributed by atoms with Crippen LogP contribution in [0.4, 0.5) is 0 Å². The van der Waals surface area contributed by atoms with E-state index in [4.69, 9.17) is 4.74 Å². The van der Waals surface area contributed by atoms with Crippen molar-refractivity contribution in [1.29, 1.82) is 0 Å². The van der Waals surface area contributed by atoms with Gasteiger partial charge in [0, 0.05) is 24.3 Å². The zero-order valence-corrected chi connectivity index (χ0v) is 21.8. The van der Waals surface area contributed by atoms with Crippen molar-refractivity contribution in [2.24, 2.45) is 34.5 Å². The normalized spacial score (nSPS) is 41.5. The first-order valence-corrected chi connectivity index (χ1v) is 13.6. The topological polar surface area (TPSA) is 63.6 Å². The maximum atomic E-state index is 13.5. The second-order valence-corrected chi connectivity index (χ2v) is 12.8. The summed E-state index contributed by atoms with van der Waals surface area (Å²) >= 11 is 0. The van der Waals surface area contributed by atoms with Crippen LogP contribution in [0, 0.1) is 34.5 Å². The Labute approximate surface area is 200 Å². The lowest BCUT2D eigenvalue weighted by atomic mass is 9.46. The fourth-order valence-electron chi connectivity index (χ4n) is 8.49. The van der Waals surface area contributed by atoms with Gasteiger partial charge in [-0.1, -0.05) is 53.9 Å². The Hall–Kier alpha value is -1.16. The van der Waals surface area contributed by atoms with Crippen molar-refractivity contribution in [1.82, 2.24) is 0 Å². The van der Waals surface area contributed by atoms with E-state index >= 15 is 0 Å². The van der Waals surface area contributed by atoms with Crippen molar-refractivity contribution in [3.63, 3.8) is 0 Å². The highest BCUT2D eigenvalue weighted by molar-refractivity contribution is 6.01. The Bertz CT molecular complexity index is 827. The quantitative estimate of drug-likeness (QED) is 0.468. The third-order valence-corrected chi connectivity index (χ3v) is 10.5. The van der Waals surface area contributed by atoms with Gasteiger partial charge in [-0.2, -0.15) is 0 Å². The third-order valence-electron chi connectivity index (χ3n) is 10.5. The minimum atomic E-state index is -0.891. The van der Waals surface area contributed by atoms with E-state index in [0.29, 0.717) is 30.0 Å². The Balaban J connectivity index is 1.61. The van der Waals surface area contributed by atoms with Crippen LogP contribution in [0.25, 0.3) is 0 Å². The number of rotatable bonds is 6. The molecule has 33 heavy (non-hydrogen) atoms. The van der Waals surface area contributed by atoms with E-state index in [1.54, 1.807) is 0 Å². The maximum Gasteiger partial charge on any atom is 0.302 e. The number of ether oxygens (including phenoxy) is 1. The Morgan fingerprint density at radius 1 is 1.12 bits per heavy atom. The fraction of sp³-hybridized carbons (Fsp3) is 0.862. The van der Waals surface area contributed by atoms with E-state index in [1.807, 2.05) is 0 Å². The van der Waals surface area contributed by atoms with E-state index < -0.39 is 5.60 Å². The molecule has 0 heterocycles. The van der Waals surface area contributed by atoms with Gasteiger partial charge in [0.2, 0.25) is 0 Å². The van der Waals surface area contributed by atoms with Gasteiger partial charge < -0.3 is 9.84 Å². The number of hydrogen-bond donors (Lipinski definition) is 1. The van der Waals surface area contributed by atoms with Crippen LogP contribution in [0.1, 0.15) is 112 Å². The van der Waals surface area contributed by atoms with Crippen LogP contribution in [-0.4, -0.2) is 28.6 Å². The molecule has 0 radical (unpaired) electrons. The van der Waals surface area contributed by atoms with Gasteiger partial charge in [0.25, 0.3) is 0 Å². The molecule has 1 N–H and O–H groups in total. The SMILES string of the molecule is CC(=O)O[C@H]1CC[C@@]2(C)C(CCC3=C4C(=O)C[C@H]([C@H](C)CCCC(C)C)[C@@]4(C)CC[C@]32O)C1. The highest BCUT2D eigenvalue weighted by Gasteiger charge is 2.64. The molecule has 0 aromatic rings. The number of carbonyl (C=O) groups is 2. The molecule has 186 valence electrons. The predicted molar refractivity (Wildman–Crippen MR) is 131 cm³/mol. The lowest BCUT2D eigenvalue weighted by Crippen LogP contribution is -2.60. The second-order valence-electron chi connectivity index (χ2n) is 12.8. The van der Waals surface area contributed by atoms with E-state index in [9.17, 15) is 14.7 Å². The molecule has 4 nitrogen and oxygen atoms in total. The molecule has 4 rings (SSSR count). The van der Waals surface area contributed by atoms with Gasteiger partial charge in [-0.15, -0.1) is 0 Å². The molecule has 3 saturated carbocycles. The van der Waals surface area contributed by atoms with Crippen LogP contribution in [0.5, 0.6) is 0 Å². The summed E-state index contributed by atoms with van der Waals surface area (Å²) in [6.07, 6.45) is 10.3. The highest BCUT2D eigenvalue weighted by Crippen LogP contribution is 2.66. The number of Topliss-reactive ketones (excluding diaryl/α,β-unsaturated/α-hetero) is 1. The van der Waals surface area contributed by atoms with Crippen LogP contribution in [0.3, 0.4) is 0 Å². The van der Waals surface area contributed by atoms with Gasteiger partial charge in [-0.05, 0) is 79.6 Å². The van der Waals surface area contributed by atoms with Gasteiger partial charge in [-0.25, -0.2) is 0 Å². The van der Waals surface area contributed by atoms with Gasteiger partial charge in [-0.3, -0.25) is 9.59 Å². The third kappa shape index (κ3) is 4.02. The average molecular weight is 459 g/mol. The Kier molecular flexibility index (Phi) is 6.66. The largest absolute Gasteiger partial charge is 0.463 e. The molecule has 0 aliphatic heterocycles. The van der Waals surface area contributed by atoms with Gasteiger partial charge in [0.15, 0.2) is 5.78 Å². The number of ketones is 1. The molecule has 0 amide bonds. The number of allylic oxidation sites excluding steroid dienone is 1. The first kappa shape index (κ1) is 24.9. The summed E-state index contributed by atoms with van der Waals surface area (Å²) < 4.78 is 5.56. The number of carbonyl (C=O) groups excluding carboxylic acids is 2. The van der Waals surface area contributed by atoms with Crippen molar-refractivity contribution < 1.29 is 19.4 Å². The predicted octanol–water partition coefficient (Wildman–Crippen LogP) is 6.40. The van der Waals surface area contributed by atoms with E-state index in [-0.39, 0.29) is 22.9 Å². The number of esters is 1. The number of aliphatic hydroxyl groups is 1. The van der Waals surface area contributed by atoms with Crippen LogP contribution in [0.2, 0.25) is 0 Å². The summed E-state index contributed by atoms with van der Waals surface area (Å²) in [5, 5.41) is 12.3. The van der Waals surface area contributed by atoms with Crippen molar-refractivity contribution >= 4 is 11.8 Å². The lowest BCUT2D eigenvalue weighted by molar-refractivity contribution is -0.168. The highest BCUT2D eigenvalue weighted by atomic mass is 16.5. The fourth-order valence-corrected chi connectivity index (χ4v) is 8.49. The van der Waals surface area contributed by atoms with Crippen LogP contribution < -0.4 is 0 Å². The standard InChI is InChI=1S/C29H46O4/c1-18(2)8-7-9-19(3)24-17-25(31)26-23-11-10-21-16-22(33-20(4)30)12-13-28(21,6)29(23,32)15-14-27(24,26)5/h18-19,21-22,24,32H,7-17H2,1-6H3/t19-,21?,22+,24-,27-,28+,29+/m1/s1. The molecule has 1 unspecified atom stereocenters. The molecule has 0 spiro atoms. The summed E-state index contributed by atoms with van der Waals surface area (Å²) in [6, 6.07) is 0. The number of fused-ring (bicyclic) bond motifs is 4. The molecular formula is C29H46O4. The first-order valence-electron chi connectivity index (χ1n) is 13.6. The minimum absolute atomic E-state index is 0.0311. The molecule has 0 aromatic heterocycles. The average Bonchev–Trinajstić information content (AvgIpc) is 2.99. The Morgan fingerprint density at radius 2 is 1.85 bits per heavy atom. The second kappa shape index (κ2) is 8.81. The lowest BCUT2D eigenvalue weighted by Gasteiger charge is -2.61. The van der Waals surface area contributed by atoms with Gasteiger partial charge >= 0.3 is 5.97 Å². The molecule has 7 atom stereocenters. The molecule has 0 saturated heterocycles. The molecule has 4 aliphatic rings. The van der Waals surface area contributed by atoms with Crippen LogP contribution >= 0.6 is 0 Å². The van der Waals surface area contributed by atoms with Gasteiger partial charge in [0.1, 0.15) is 6.10 Å². The zero-order valence-electron chi connectivity index (χ0n) is 21.8. The van der Waals surface area contributed by atoms with E-state index in [1.165, 1.54) is 26.2 Å². The molecule has 3 fully saturated rings. The summed E-state index contributed by atoms with van der Waals surface area (Å²) in [7, 11) is 0. The van der Waals surface area contributed by atoms with Crippen molar-refractivity contribution in [3.05, 3.63) is 11.1 Å². The Morgan fingerprint density at radius 3 is 2.52 bits per heavy atom. The van der Waals surface area contributed by atoms with Crippen LogP contribution in [0.15, 0.2) is 11.1 Å². The summed E-state index contributed by atoms with van der Waals surface area (Å²) in [5.74, 6) is 2.09. The van der Waals surface area contributed by atoms with E-state index in [2.05, 4.69) is 34.6 Å². The summed E-state index contributed by atoms with van der Waals surface area (Å²) in [4.78, 5) is 25.0. The van der Waals surface area contributed by atoms with Crippen molar-refractivity contribution in [3.8, 4) is 0 Å². The molecule has 4 aliphatic carbocycles. The maximum absolute atomic E-state index is 13.5. The van der Waals surface area contributed by atoms with Crippen LogP contribution in [-0.2, 0) is 14.3 Å². The summed E-state index contributed by atoms with van der Waals surface area (Å²) in [5.41, 5.74) is 0.875. The number of hydrogen-bond acceptors (Lipinski definition) is 4. The molecule has 0 bridgehead atoms. The zero-order chi connectivity index (χ0) is 24.2. The first-order chi connectivity index (χ1) is 15.4. The minimum Gasteiger partial charge on any atom is -0.463 e. The molecule has 0 aromatic carbocycles. The monoisotopic (exact) mass is 458 g/mol. The van der Waals surface area contributed by atoms with Crippen molar-refractivity contribution in [2.45, 2.75) is 124 Å². The van der Waals surface area contributed by atoms with E-state index in [0.717, 1.165) is 62.0 Å². The van der Waals surface area contributed by atoms with Gasteiger partial charge in [0.05, 0.1) is 5.60 Å². The molecule has 4 heteroatoms. The van der Waals surface area contributed by atoms with Crippen molar-refractivity contribution in [2.75, 3.05) is 0 Å².